The van der Waals surface area contributed by atoms with Gasteiger partial charge in [-0.05, 0) is 44.2 Å². The smallest absolute Gasteiger partial charge is 0.260 e. The summed E-state index contributed by atoms with van der Waals surface area (Å²) >= 11 is 0. The highest BCUT2D eigenvalue weighted by Crippen LogP contribution is 2.30. The SMILES string of the molecule is CCCNc1cccnc1S(=O)(=O)NC(C)C1CCC1. The minimum atomic E-state index is -3.57. The molecule has 1 fully saturated rings. The van der Waals surface area contributed by atoms with E-state index < -0.39 is 10.0 Å². The second-order valence-electron chi connectivity index (χ2n) is 5.38. The van der Waals surface area contributed by atoms with Gasteiger partial charge < -0.3 is 5.32 Å². The monoisotopic (exact) mass is 297 g/mol. The first-order valence-corrected chi connectivity index (χ1v) is 8.74. The zero-order chi connectivity index (χ0) is 14.6. The molecular weight excluding hydrogens is 274 g/mol. The number of aromatic nitrogens is 1. The first kappa shape index (κ1) is 15.3. The Hall–Kier alpha value is -1.14. The molecular formula is C14H23N3O2S. The van der Waals surface area contributed by atoms with Gasteiger partial charge in [0.05, 0.1) is 5.69 Å². The van der Waals surface area contributed by atoms with Crippen LogP contribution in [0.2, 0.25) is 0 Å². The highest BCUT2D eigenvalue weighted by atomic mass is 32.2. The zero-order valence-electron chi connectivity index (χ0n) is 12.1. The quantitative estimate of drug-likeness (QED) is 0.810. The fourth-order valence-corrected chi connectivity index (χ4v) is 3.76. The molecule has 1 aromatic heterocycles. The topological polar surface area (TPSA) is 71.1 Å². The molecule has 1 aliphatic rings. The van der Waals surface area contributed by atoms with Crippen LogP contribution < -0.4 is 10.0 Å². The zero-order valence-corrected chi connectivity index (χ0v) is 12.9. The summed E-state index contributed by atoms with van der Waals surface area (Å²) in [6, 6.07) is 3.47. The average Bonchev–Trinajstić information content (AvgIpc) is 2.33. The summed E-state index contributed by atoms with van der Waals surface area (Å²) in [5, 5.41) is 3.21. The molecule has 1 aliphatic carbocycles. The van der Waals surface area contributed by atoms with Crippen molar-refractivity contribution in [1.29, 1.82) is 0 Å². The second-order valence-corrected chi connectivity index (χ2v) is 7.01. The van der Waals surface area contributed by atoms with Crippen molar-refractivity contribution in [2.75, 3.05) is 11.9 Å². The lowest BCUT2D eigenvalue weighted by Crippen LogP contribution is -2.41. The predicted molar refractivity (Wildman–Crippen MR) is 80.1 cm³/mol. The van der Waals surface area contributed by atoms with Crippen LogP contribution in [-0.4, -0.2) is 26.0 Å². The molecule has 20 heavy (non-hydrogen) atoms. The van der Waals surface area contributed by atoms with E-state index in [-0.39, 0.29) is 11.1 Å². The number of nitrogens with zero attached hydrogens (tertiary/aromatic N) is 1. The molecule has 1 unspecified atom stereocenters. The van der Waals surface area contributed by atoms with Crippen LogP contribution in [0.3, 0.4) is 0 Å². The van der Waals surface area contributed by atoms with E-state index in [1.165, 1.54) is 12.6 Å². The summed E-state index contributed by atoms with van der Waals surface area (Å²) in [5.74, 6) is 0.459. The summed E-state index contributed by atoms with van der Waals surface area (Å²) < 4.78 is 27.7. The van der Waals surface area contributed by atoms with E-state index in [0.717, 1.165) is 25.8 Å². The number of rotatable bonds is 7. The van der Waals surface area contributed by atoms with Crippen molar-refractivity contribution in [2.45, 2.75) is 50.6 Å². The molecule has 1 atom stereocenters. The minimum Gasteiger partial charge on any atom is -0.383 e. The van der Waals surface area contributed by atoms with Gasteiger partial charge in [0.2, 0.25) is 0 Å². The molecule has 0 bridgehead atoms. The van der Waals surface area contributed by atoms with Gasteiger partial charge in [0.15, 0.2) is 5.03 Å². The lowest BCUT2D eigenvalue weighted by atomic mass is 9.81. The van der Waals surface area contributed by atoms with Crippen LogP contribution in [0.1, 0.15) is 39.5 Å². The van der Waals surface area contributed by atoms with E-state index in [1.54, 1.807) is 12.1 Å². The Morgan fingerprint density at radius 1 is 1.45 bits per heavy atom. The largest absolute Gasteiger partial charge is 0.383 e. The van der Waals surface area contributed by atoms with Gasteiger partial charge in [-0.25, -0.2) is 18.1 Å². The number of sulfonamides is 1. The highest BCUT2D eigenvalue weighted by Gasteiger charge is 2.29. The van der Waals surface area contributed by atoms with Crippen molar-refractivity contribution in [3.63, 3.8) is 0 Å². The standard InChI is InChI=1S/C14H23N3O2S/c1-3-9-15-13-8-5-10-16-14(13)20(18,19)17-11(2)12-6-4-7-12/h5,8,10-12,15,17H,3-4,6-7,9H2,1-2H3. The molecule has 2 N–H and O–H groups in total. The number of pyridine rings is 1. The molecule has 0 saturated heterocycles. The van der Waals surface area contributed by atoms with Crippen LogP contribution in [0.15, 0.2) is 23.4 Å². The van der Waals surface area contributed by atoms with E-state index in [1.807, 2.05) is 13.8 Å². The Morgan fingerprint density at radius 2 is 2.20 bits per heavy atom. The minimum absolute atomic E-state index is 0.0326. The molecule has 0 aliphatic heterocycles. The van der Waals surface area contributed by atoms with Crippen molar-refractivity contribution in [3.05, 3.63) is 18.3 Å². The average molecular weight is 297 g/mol. The van der Waals surface area contributed by atoms with Gasteiger partial charge in [0, 0.05) is 18.8 Å². The summed E-state index contributed by atoms with van der Waals surface area (Å²) in [6.07, 6.45) is 5.85. The Kier molecular flexibility index (Phi) is 4.99. The molecule has 6 heteroatoms. The molecule has 0 aromatic carbocycles. The van der Waals surface area contributed by atoms with Crippen LogP contribution >= 0.6 is 0 Å². The number of anilines is 1. The van der Waals surface area contributed by atoms with Crippen LogP contribution in [0.25, 0.3) is 0 Å². The van der Waals surface area contributed by atoms with Crippen molar-refractivity contribution in [3.8, 4) is 0 Å². The Morgan fingerprint density at radius 3 is 2.80 bits per heavy atom. The fourth-order valence-electron chi connectivity index (χ4n) is 2.34. The van der Waals surface area contributed by atoms with E-state index >= 15 is 0 Å². The first-order valence-electron chi connectivity index (χ1n) is 7.26. The third-order valence-electron chi connectivity index (χ3n) is 3.79. The van der Waals surface area contributed by atoms with Crippen LogP contribution in [0, 0.1) is 5.92 Å². The molecule has 0 amide bonds. The maximum absolute atomic E-state index is 12.5. The van der Waals surface area contributed by atoms with Gasteiger partial charge in [-0.15, -0.1) is 0 Å². The van der Waals surface area contributed by atoms with Crippen LogP contribution in [-0.2, 0) is 10.0 Å². The highest BCUT2D eigenvalue weighted by molar-refractivity contribution is 7.89. The molecule has 1 heterocycles. The molecule has 2 rings (SSSR count). The van der Waals surface area contributed by atoms with E-state index in [9.17, 15) is 8.42 Å². The summed E-state index contributed by atoms with van der Waals surface area (Å²) in [5.41, 5.74) is 0.572. The normalized spacial score (nSPS) is 17.5. The van der Waals surface area contributed by atoms with E-state index in [2.05, 4.69) is 15.0 Å². The fraction of sp³-hybridized carbons (Fsp3) is 0.643. The van der Waals surface area contributed by atoms with Gasteiger partial charge in [-0.3, -0.25) is 0 Å². The van der Waals surface area contributed by atoms with Gasteiger partial charge in [0.25, 0.3) is 10.0 Å². The molecule has 0 radical (unpaired) electrons. The third kappa shape index (κ3) is 3.49. The number of nitrogens with one attached hydrogen (secondary N) is 2. The van der Waals surface area contributed by atoms with Crippen molar-refractivity contribution >= 4 is 15.7 Å². The predicted octanol–water partition coefficient (Wildman–Crippen LogP) is 2.37. The maximum Gasteiger partial charge on any atom is 0.260 e. The van der Waals surface area contributed by atoms with Crippen molar-refractivity contribution in [2.24, 2.45) is 5.92 Å². The van der Waals surface area contributed by atoms with Gasteiger partial charge >= 0.3 is 0 Å². The Balaban J connectivity index is 2.15. The Labute approximate surface area is 121 Å². The van der Waals surface area contributed by atoms with Crippen molar-refractivity contribution in [1.82, 2.24) is 9.71 Å². The number of hydrogen-bond acceptors (Lipinski definition) is 4. The number of hydrogen-bond donors (Lipinski definition) is 2. The molecule has 112 valence electrons. The third-order valence-corrected chi connectivity index (χ3v) is 5.31. The molecule has 1 saturated carbocycles. The second kappa shape index (κ2) is 6.54. The maximum atomic E-state index is 12.5. The molecule has 1 aromatic rings. The summed E-state index contributed by atoms with van der Waals surface area (Å²) in [4.78, 5) is 4.05. The van der Waals surface area contributed by atoms with Gasteiger partial charge in [0.1, 0.15) is 0 Å². The van der Waals surface area contributed by atoms with E-state index in [0.29, 0.717) is 11.6 Å². The lowest BCUT2D eigenvalue weighted by molar-refractivity contribution is 0.260. The molecule has 5 nitrogen and oxygen atoms in total. The molecule has 0 spiro atoms. The van der Waals surface area contributed by atoms with E-state index in [4.69, 9.17) is 0 Å². The van der Waals surface area contributed by atoms with Crippen LogP contribution in [0.5, 0.6) is 0 Å². The van der Waals surface area contributed by atoms with Gasteiger partial charge in [-0.2, -0.15) is 0 Å². The summed E-state index contributed by atoms with van der Waals surface area (Å²) in [6.45, 7) is 4.70. The lowest BCUT2D eigenvalue weighted by Gasteiger charge is -2.31. The van der Waals surface area contributed by atoms with Crippen LogP contribution in [0.4, 0.5) is 5.69 Å². The first-order chi connectivity index (χ1) is 9.54. The Bertz CT molecular complexity index is 541. The van der Waals surface area contributed by atoms with Crippen molar-refractivity contribution < 1.29 is 8.42 Å². The summed E-state index contributed by atoms with van der Waals surface area (Å²) in [7, 11) is -3.57. The van der Waals surface area contributed by atoms with Gasteiger partial charge in [-0.1, -0.05) is 13.3 Å².